The second kappa shape index (κ2) is 13.9. The van der Waals surface area contributed by atoms with Gasteiger partial charge in [-0.2, -0.15) is 0 Å². The molecule has 0 aliphatic rings. The van der Waals surface area contributed by atoms with E-state index < -0.39 is 16.1 Å². The van der Waals surface area contributed by atoms with Crippen LogP contribution in [-0.2, 0) is 26.0 Å². The highest BCUT2D eigenvalue weighted by atomic mass is 32.2. The van der Waals surface area contributed by atoms with Gasteiger partial charge in [-0.3, -0.25) is 0 Å². The summed E-state index contributed by atoms with van der Waals surface area (Å²) >= 11 is 5.34. The third-order valence-electron chi connectivity index (χ3n) is 4.96. The maximum absolute atomic E-state index is 12.4. The second-order valence-corrected chi connectivity index (χ2v) is 9.82. The first-order valence-corrected chi connectivity index (χ1v) is 13.0. The molecule has 2 rings (SSSR count). The number of ether oxygens (including phenoxy) is 1. The summed E-state index contributed by atoms with van der Waals surface area (Å²) in [5.74, 6) is -0.370. The van der Waals surface area contributed by atoms with Crippen molar-refractivity contribution in [2.75, 3.05) is 19.7 Å². The lowest BCUT2D eigenvalue weighted by molar-refractivity contribution is -0.145. The van der Waals surface area contributed by atoms with Crippen molar-refractivity contribution < 1.29 is 17.9 Å². The molecule has 0 saturated heterocycles. The van der Waals surface area contributed by atoms with E-state index in [-0.39, 0.29) is 24.0 Å². The lowest BCUT2D eigenvalue weighted by atomic mass is 10.1. The number of hydrogen-bond acceptors (Lipinski definition) is 5. The molecule has 0 aromatic heterocycles. The lowest BCUT2D eigenvalue weighted by Gasteiger charge is -2.19. The van der Waals surface area contributed by atoms with Crippen molar-refractivity contribution in [2.24, 2.45) is 0 Å². The molecule has 3 N–H and O–H groups in total. The van der Waals surface area contributed by atoms with Crippen LogP contribution in [-0.4, -0.2) is 45.2 Å². The molecule has 33 heavy (non-hydrogen) atoms. The molecule has 0 saturated carbocycles. The largest absolute Gasteiger partial charge is 0.464 e. The Morgan fingerprint density at radius 1 is 1.03 bits per heavy atom. The van der Waals surface area contributed by atoms with E-state index in [0.717, 1.165) is 12.0 Å². The van der Waals surface area contributed by atoms with Crippen LogP contribution in [0.4, 0.5) is 0 Å². The Labute approximate surface area is 202 Å². The van der Waals surface area contributed by atoms with Gasteiger partial charge in [0.15, 0.2) is 5.11 Å². The van der Waals surface area contributed by atoms with Crippen LogP contribution in [0.3, 0.4) is 0 Å². The maximum atomic E-state index is 12.4. The van der Waals surface area contributed by atoms with Gasteiger partial charge in [-0.15, -0.1) is 0 Å². The van der Waals surface area contributed by atoms with Gasteiger partial charge in [0.1, 0.15) is 6.04 Å². The van der Waals surface area contributed by atoms with Gasteiger partial charge >= 0.3 is 5.97 Å². The molecule has 0 fully saturated rings. The number of unbranched alkanes of at least 4 members (excludes halogenated alkanes) is 1. The first-order valence-electron chi connectivity index (χ1n) is 11.1. The van der Waals surface area contributed by atoms with Crippen molar-refractivity contribution in [2.45, 2.75) is 50.5 Å². The van der Waals surface area contributed by atoms with Crippen LogP contribution in [0.2, 0.25) is 0 Å². The summed E-state index contributed by atoms with van der Waals surface area (Å²) in [7, 11) is -3.54. The summed E-state index contributed by atoms with van der Waals surface area (Å²) in [4.78, 5) is 12.6. The Kier molecular flexibility index (Phi) is 11.3. The van der Waals surface area contributed by atoms with E-state index in [1.54, 1.807) is 31.2 Å². The molecule has 0 amide bonds. The Bertz CT molecular complexity index is 981. The van der Waals surface area contributed by atoms with Crippen LogP contribution in [0.1, 0.15) is 37.3 Å². The van der Waals surface area contributed by atoms with E-state index in [2.05, 4.69) is 15.4 Å². The highest BCUT2D eigenvalue weighted by molar-refractivity contribution is 7.89. The topological polar surface area (TPSA) is 96.5 Å². The number of aryl methyl sites for hydroxylation is 1. The number of carbonyl (C=O) groups excluding carboxylic acids is 1. The number of rotatable bonds is 13. The molecule has 2 aromatic rings. The molecule has 2 aromatic carbocycles. The minimum atomic E-state index is -3.54. The minimum absolute atomic E-state index is 0.242. The summed E-state index contributed by atoms with van der Waals surface area (Å²) in [6, 6.07) is 16.2. The molecular formula is C24H33N3O4S2. The summed E-state index contributed by atoms with van der Waals surface area (Å²) in [5, 5.41) is 6.55. The van der Waals surface area contributed by atoms with Crippen molar-refractivity contribution in [3.05, 3.63) is 65.7 Å². The van der Waals surface area contributed by atoms with Gasteiger partial charge in [0.2, 0.25) is 10.0 Å². The van der Waals surface area contributed by atoms with Gasteiger partial charge in [0, 0.05) is 13.1 Å². The highest BCUT2D eigenvalue weighted by Gasteiger charge is 2.20. The molecule has 0 aliphatic heterocycles. The zero-order valence-corrected chi connectivity index (χ0v) is 20.8. The average Bonchev–Trinajstić information content (AvgIpc) is 2.79. The Morgan fingerprint density at radius 3 is 2.39 bits per heavy atom. The number of benzene rings is 2. The van der Waals surface area contributed by atoms with Gasteiger partial charge < -0.3 is 15.4 Å². The Balaban J connectivity index is 1.76. The Morgan fingerprint density at radius 2 is 1.73 bits per heavy atom. The summed E-state index contributed by atoms with van der Waals surface area (Å²) in [6.45, 7) is 4.87. The van der Waals surface area contributed by atoms with Crippen LogP contribution in [0.5, 0.6) is 0 Å². The normalized spacial score (nSPS) is 12.1. The first kappa shape index (κ1) is 26.8. The number of sulfonamides is 1. The summed E-state index contributed by atoms with van der Waals surface area (Å²) in [6.07, 6.45) is 2.50. The van der Waals surface area contributed by atoms with Crippen molar-refractivity contribution >= 4 is 33.3 Å². The molecular weight excluding hydrogens is 458 g/mol. The van der Waals surface area contributed by atoms with Crippen LogP contribution in [0, 0.1) is 6.92 Å². The molecule has 1 unspecified atom stereocenters. The maximum Gasteiger partial charge on any atom is 0.328 e. The third kappa shape index (κ3) is 9.89. The van der Waals surface area contributed by atoms with E-state index in [1.165, 1.54) is 5.56 Å². The first-order chi connectivity index (χ1) is 15.8. The van der Waals surface area contributed by atoms with E-state index in [0.29, 0.717) is 30.9 Å². The standard InChI is InChI=1S/C24H33N3O4S2/c1-3-31-23(28)22(27-24(32)25-18-16-20-9-5-4-6-10-20)11-7-8-17-26-33(29,30)21-14-12-19(2)13-15-21/h4-6,9-10,12-15,22,26H,3,7-8,11,16-18H2,1-2H3,(H2,25,27,32). The molecule has 7 nitrogen and oxygen atoms in total. The quantitative estimate of drug-likeness (QED) is 0.225. The zero-order chi connectivity index (χ0) is 24.1. The van der Waals surface area contributed by atoms with E-state index in [4.69, 9.17) is 17.0 Å². The fraction of sp³-hybridized carbons (Fsp3) is 0.417. The van der Waals surface area contributed by atoms with Crippen LogP contribution in [0.25, 0.3) is 0 Å². The third-order valence-corrected chi connectivity index (χ3v) is 6.70. The van der Waals surface area contributed by atoms with Gasteiger partial charge in [0.25, 0.3) is 0 Å². The fourth-order valence-electron chi connectivity index (χ4n) is 3.15. The molecule has 0 aliphatic carbocycles. The van der Waals surface area contributed by atoms with Crippen molar-refractivity contribution in [1.29, 1.82) is 0 Å². The predicted octanol–water partition coefficient (Wildman–Crippen LogP) is 3.08. The van der Waals surface area contributed by atoms with Crippen LogP contribution in [0.15, 0.2) is 59.5 Å². The molecule has 0 heterocycles. The number of thiocarbonyl (C=S) groups is 1. The monoisotopic (exact) mass is 491 g/mol. The second-order valence-electron chi connectivity index (χ2n) is 7.65. The molecule has 180 valence electrons. The molecule has 1 atom stereocenters. The van der Waals surface area contributed by atoms with Gasteiger partial charge in [-0.1, -0.05) is 48.0 Å². The Hall–Kier alpha value is -2.49. The lowest BCUT2D eigenvalue weighted by Crippen LogP contribution is -2.47. The van der Waals surface area contributed by atoms with E-state index >= 15 is 0 Å². The smallest absolute Gasteiger partial charge is 0.328 e. The van der Waals surface area contributed by atoms with Crippen molar-refractivity contribution in [1.82, 2.24) is 15.4 Å². The number of nitrogens with one attached hydrogen (secondary N) is 3. The number of carbonyl (C=O) groups is 1. The predicted molar refractivity (Wildman–Crippen MR) is 135 cm³/mol. The van der Waals surface area contributed by atoms with Crippen LogP contribution < -0.4 is 15.4 Å². The van der Waals surface area contributed by atoms with Crippen molar-refractivity contribution in [3.63, 3.8) is 0 Å². The van der Waals surface area contributed by atoms with E-state index in [9.17, 15) is 13.2 Å². The molecule has 0 spiro atoms. The zero-order valence-electron chi connectivity index (χ0n) is 19.2. The molecule has 0 bridgehead atoms. The minimum Gasteiger partial charge on any atom is -0.464 e. The van der Waals surface area contributed by atoms with Gasteiger partial charge in [-0.25, -0.2) is 17.9 Å². The van der Waals surface area contributed by atoms with E-state index in [1.807, 2.05) is 37.3 Å². The summed E-state index contributed by atoms with van der Waals surface area (Å²) < 4.78 is 32.5. The van der Waals surface area contributed by atoms with Gasteiger partial charge in [0.05, 0.1) is 11.5 Å². The molecule has 9 heteroatoms. The van der Waals surface area contributed by atoms with Gasteiger partial charge in [-0.05, 0) is 69.4 Å². The fourth-order valence-corrected chi connectivity index (χ4v) is 4.47. The highest BCUT2D eigenvalue weighted by Crippen LogP contribution is 2.10. The average molecular weight is 492 g/mol. The number of hydrogen-bond donors (Lipinski definition) is 3. The van der Waals surface area contributed by atoms with Crippen molar-refractivity contribution in [3.8, 4) is 0 Å². The SMILES string of the molecule is CCOC(=O)C(CCCCNS(=O)(=O)c1ccc(C)cc1)NC(=S)NCCc1ccccc1. The van der Waals surface area contributed by atoms with Crippen LogP contribution >= 0.6 is 12.2 Å². The molecule has 0 radical (unpaired) electrons. The number of esters is 1. The summed E-state index contributed by atoms with van der Waals surface area (Å²) in [5.41, 5.74) is 2.20.